The molecular formula is C8H14O10S2. The molecule has 10 nitrogen and oxygen atoms in total. The maximum absolute atomic E-state index is 11.3. The van der Waals surface area contributed by atoms with Crippen LogP contribution < -0.4 is 0 Å². The van der Waals surface area contributed by atoms with Gasteiger partial charge in [0.25, 0.3) is 20.2 Å². The Morgan fingerprint density at radius 2 is 1.80 bits per heavy atom. The predicted octanol–water partition coefficient (Wildman–Crippen LogP) is -3.05. The number of carbonyl (C=O) groups is 1. The average Bonchev–Trinajstić information content (AvgIpc) is 2.51. The number of aliphatic hydroxyl groups excluding tert-OH is 2. The standard InChI is InChI=1S/C8H14O10S2/c1-19(12,13)16-3-4(9)6-5(10)7(8(11)17-6)18-20(2,14)15/h4-7,9-10H,3H2,1-2H3/t4-,5-,6+,7-/m1/s1. The third-order valence-electron chi connectivity index (χ3n) is 2.24. The molecule has 0 aromatic heterocycles. The summed E-state index contributed by atoms with van der Waals surface area (Å²) in [6, 6.07) is 0. The van der Waals surface area contributed by atoms with E-state index in [-0.39, 0.29) is 0 Å². The fourth-order valence-electron chi connectivity index (χ4n) is 1.46. The van der Waals surface area contributed by atoms with E-state index in [2.05, 4.69) is 13.1 Å². The Balaban J connectivity index is 2.72. The molecule has 4 atom stereocenters. The van der Waals surface area contributed by atoms with Crippen LogP contribution in [0.25, 0.3) is 0 Å². The SMILES string of the molecule is CS(=O)(=O)OC[C@@H](O)[C@@H]1OC(=O)[C@H](OS(C)(=O)=O)[C@@H]1O. The Morgan fingerprint density at radius 1 is 1.25 bits per heavy atom. The van der Waals surface area contributed by atoms with E-state index in [0.717, 1.165) is 6.26 Å². The van der Waals surface area contributed by atoms with Crippen LogP contribution in [0.4, 0.5) is 0 Å². The first-order chi connectivity index (χ1) is 8.91. The molecule has 0 bridgehead atoms. The van der Waals surface area contributed by atoms with Gasteiger partial charge < -0.3 is 14.9 Å². The molecule has 0 unspecified atom stereocenters. The fraction of sp³-hybridized carbons (Fsp3) is 0.875. The Kier molecular flexibility index (Phi) is 5.10. The number of ether oxygens (including phenoxy) is 1. The molecule has 0 aromatic rings. The summed E-state index contributed by atoms with van der Waals surface area (Å²) in [5.74, 6) is -1.19. The van der Waals surface area contributed by atoms with Crippen molar-refractivity contribution in [2.45, 2.75) is 24.4 Å². The van der Waals surface area contributed by atoms with E-state index in [4.69, 9.17) is 0 Å². The minimum Gasteiger partial charge on any atom is -0.455 e. The summed E-state index contributed by atoms with van der Waals surface area (Å²) in [5, 5.41) is 19.3. The summed E-state index contributed by atoms with van der Waals surface area (Å²) in [4.78, 5) is 11.3. The third-order valence-corrected chi connectivity index (χ3v) is 3.36. The molecule has 2 N–H and O–H groups in total. The lowest BCUT2D eigenvalue weighted by molar-refractivity contribution is -0.150. The number of carbonyl (C=O) groups excluding carboxylic acids is 1. The van der Waals surface area contributed by atoms with Crippen molar-refractivity contribution in [3.63, 3.8) is 0 Å². The van der Waals surface area contributed by atoms with E-state index in [9.17, 15) is 31.8 Å². The first-order valence-corrected chi connectivity index (χ1v) is 8.83. The largest absolute Gasteiger partial charge is 0.455 e. The maximum atomic E-state index is 11.3. The monoisotopic (exact) mass is 334 g/mol. The molecule has 1 aliphatic heterocycles. The van der Waals surface area contributed by atoms with Crippen molar-refractivity contribution < 1.29 is 44.9 Å². The van der Waals surface area contributed by atoms with Crippen molar-refractivity contribution in [2.24, 2.45) is 0 Å². The van der Waals surface area contributed by atoms with Crippen LogP contribution >= 0.6 is 0 Å². The maximum Gasteiger partial charge on any atom is 0.340 e. The van der Waals surface area contributed by atoms with Gasteiger partial charge >= 0.3 is 5.97 Å². The van der Waals surface area contributed by atoms with Gasteiger partial charge in [-0.05, 0) is 0 Å². The highest BCUT2D eigenvalue weighted by Crippen LogP contribution is 2.23. The summed E-state index contributed by atoms with van der Waals surface area (Å²) in [5.41, 5.74) is 0. The van der Waals surface area contributed by atoms with Crippen LogP contribution in [-0.4, -0.2) is 76.6 Å². The fourth-order valence-corrected chi connectivity index (χ4v) is 2.42. The van der Waals surface area contributed by atoms with Gasteiger partial charge in [0.15, 0.2) is 6.10 Å². The molecule has 0 radical (unpaired) electrons. The van der Waals surface area contributed by atoms with Gasteiger partial charge in [0.1, 0.15) is 12.2 Å². The van der Waals surface area contributed by atoms with Gasteiger partial charge in [-0.1, -0.05) is 0 Å². The molecule has 12 heteroatoms. The topological polar surface area (TPSA) is 154 Å². The van der Waals surface area contributed by atoms with E-state index in [1.807, 2.05) is 0 Å². The van der Waals surface area contributed by atoms with E-state index in [1.165, 1.54) is 0 Å². The molecule has 1 heterocycles. The first-order valence-electron chi connectivity index (χ1n) is 5.20. The molecule has 1 aliphatic rings. The lowest BCUT2D eigenvalue weighted by atomic mass is 10.1. The van der Waals surface area contributed by atoms with Crippen molar-refractivity contribution in [3.8, 4) is 0 Å². The zero-order valence-corrected chi connectivity index (χ0v) is 12.1. The van der Waals surface area contributed by atoms with Crippen LogP contribution in [0.1, 0.15) is 0 Å². The minimum atomic E-state index is -4.03. The highest BCUT2D eigenvalue weighted by atomic mass is 32.2. The summed E-state index contributed by atoms with van der Waals surface area (Å²) in [7, 11) is -7.86. The Labute approximate surface area is 115 Å². The quantitative estimate of drug-likeness (QED) is 0.378. The van der Waals surface area contributed by atoms with E-state index in [0.29, 0.717) is 6.26 Å². The van der Waals surface area contributed by atoms with Crippen molar-refractivity contribution >= 4 is 26.2 Å². The molecule has 1 saturated heterocycles. The molecule has 0 saturated carbocycles. The first kappa shape index (κ1) is 17.3. The van der Waals surface area contributed by atoms with Crippen LogP contribution in [0.2, 0.25) is 0 Å². The number of hydrogen-bond donors (Lipinski definition) is 2. The second-order valence-corrected chi connectivity index (χ2v) is 7.41. The van der Waals surface area contributed by atoms with E-state index < -0.39 is 57.2 Å². The lowest BCUT2D eigenvalue weighted by Gasteiger charge is -2.19. The number of esters is 1. The van der Waals surface area contributed by atoms with E-state index in [1.54, 1.807) is 0 Å². The molecule has 20 heavy (non-hydrogen) atoms. The van der Waals surface area contributed by atoms with Gasteiger partial charge in [0.05, 0.1) is 19.1 Å². The second kappa shape index (κ2) is 5.91. The number of cyclic esters (lactones) is 1. The normalized spacial score (nSPS) is 29.2. The van der Waals surface area contributed by atoms with Crippen LogP contribution in [0.15, 0.2) is 0 Å². The van der Waals surface area contributed by atoms with Gasteiger partial charge in [-0.15, -0.1) is 0 Å². The number of hydrogen-bond acceptors (Lipinski definition) is 10. The average molecular weight is 334 g/mol. The highest BCUT2D eigenvalue weighted by Gasteiger charge is 2.49. The van der Waals surface area contributed by atoms with Crippen LogP contribution in [0.5, 0.6) is 0 Å². The smallest absolute Gasteiger partial charge is 0.340 e. The Morgan fingerprint density at radius 3 is 2.25 bits per heavy atom. The summed E-state index contributed by atoms with van der Waals surface area (Å²) >= 11 is 0. The van der Waals surface area contributed by atoms with Crippen molar-refractivity contribution in [3.05, 3.63) is 0 Å². The number of rotatable bonds is 6. The zero-order valence-electron chi connectivity index (χ0n) is 10.5. The zero-order chi connectivity index (χ0) is 15.7. The van der Waals surface area contributed by atoms with Crippen LogP contribution in [0.3, 0.4) is 0 Å². The summed E-state index contributed by atoms with van der Waals surface area (Å²) in [6.07, 6.45) is -5.42. The molecule has 118 valence electrons. The van der Waals surface area contributed by atoms with Gasteiger partial charge in [0, 0.05) is 0 Å². The number of aliphatic hydroxyl groups is 2. The third kappa shape index (κ3) is 4.96. The Hall–Kier alpha value is -0.790. The van der Waals surface area contributed by atoms with Crippen molar-refractivity contribution in [1.29, 1.82) is 0 Å². The van der Waals surface area contributed by atoms with Gasteiger partial charge in [-0.2, -0.15) is 16.8 Å². The summed E-state index contributed by atoms with van der Waals surface area (Å²) in [6.45, 7) is -0.764. The van der Waals surface area contributed by atoms with Crippen LogP contribution in [-0.2, 0) is 38.1 Å². The highest BCUT2D eigenvalue weighted by molar-refractivity contribution is 7.86. The molecule has 0 aromatic carbocycles. The molecule has 0 amide bonds. The predicted molar refractivity (Wildman–Crippen MR) is 62.4 cm³/mol. The van der Waals surface area contributed by atoms with Crippen molar-refractivity contribution in [1.82, 2.24) is 0 Å². The minimum absolute atomic E-state index is 0.670. The molecular weight excluding hydrogens is 320 g/mol. The van der Waals surface area contributed by atoms with Gasteiger partial charge in [-0.3, -0.25) is 8.37 Å². The van der Waals surface area contributed by atoms with Gasteiger partial charge in [0.2, 0.25) is 6.10 Å². The molecule has 1 rings (SSSR count). The summed E-state index contributed by atoms with van der Waals surface area (Å²) < 4.78 is 56.5. The van der Waals surface area contributed by atoms with Crippen molar-refractivity contribution in [2.75, 3.05) is 19.1 Å². The van der Waals surface area contributed by atoms with Crippen LogP contribution in [0, 0.1) is 0 Å². The Bertz CT molecular complexity index is 564. The molecule has 0 spiro atoms. The van der Waals surface area contributed by atoms with E-state index >= 15 is 0 Å². The lowest BCUT2D eigenvalue weighted by Crippen LogP contribution is -2.42. The molecule has 1 fully saturated rings. The second-order valence-electron chi connectivity index (χ2n) is 4.17. The van der Waals surface area contributed by atoms with Gasteiger partial charge in [-0.25, -0.2) is 4.79 Å². The molecule has 0 aliphatic carbocycles.